The van der Waals surface area contributed by atoms with E-state index in [-0.39, 0.29) is 0 Å². The zero-order valence-electron chi connectivity index (χ0n) is 9.45. The Hall–Kier alpha value is -0.830. The summed E-state index contributed by atoms with van der Waals surface area (Å²) in [5, 5.41) is 6.47. The highest BCUT2D eigenvalue weighted by atomic mass is 35.5. The van der Waals surface area contributed by atoms with Gasteiger partial charge in [0.05, 0.1) is 0 Å². The molecular weight excluding hydrogens is 250 g/mol. The lowest BCUT2D eigenvalue weighted by Crippen LogP contribution is -2.15. The highest BCUT2D eigenvalue weighted by Crippen LogP contribution is 2.29. The summed E-state index contributed by atoms with van der Waals surface area (Å²) < 4.78 is 0. The maximum atomic E-state index is 6.22. The summed E-state index contributed by atoms with van der Waals surface area (Å²) in [6, 6.07) is 11.2. The van der Waals surface area contributed by atoms with Crippen LogP contribution >= 0.6 is 22.9 Å². The van der Waals surface area contributed by atoms with E-state index in [9.17, 15) is 0 Å². The molecule has 1 saturated carbocycles. The van der Waals surface area contributed by atoms with Crippen LogP contribution in [-0.4, -0.2) is 6.04 Å². The number of hydrogen-bond acceptors (Lipinski definition) is 2. The molecule has 1 fully saturated rings. The Morgan fingerprint density at radius 2 is 2.18 bits per heavy atom. The van der Waals surface area contributed by atoms with E-state index in [0.29, 0.717) is 0 Å². The first-order valence-electron chi connectivity index (χ1n) is 5.88. The molecule has 3 rings (SSSR count). The molecule has 3 heteroatoms. The normalized spacial score (nSPS) is 15.1. The molecule has 0 saturated heterocycles. The lowest BCUT2D eigenvalue weighted by molar-refractivity contribution is 0.688. The average molecular weight is 264 g/mol. The fourth-order valence-corrected chi connectivity index (χ4v) is 2.76. The Balaban J connectivity index is 1.83. The third-order valence-corrected chi connectivity index (χ3v) is 4.30. The third-order valence-electron chi connectivity index (χ3n) is 3.01. The summed E-state index contributed by atoms with van der Waals surface area (Å²) in [5.41, 5.74) is 2.46. The second-order valence-electron chi connectivity index (χ2n) is 4.44. The Morgan fingerprint density at radius 1 is 1.29 bits per heavy atom. The van der Waals surface area contributed by atoms with Gasteiger partial charge in [0.25, 0.3) is 0 Å². The molecule has 0 aliphatic heterocycles. The molecule has 1 aromatic heterocycles. The van der Waals surface area contributed by atoms with Crippen LogP contribution in [-0.2, 0) is 6.54 Å². The molecule has 0 amide bonds. The smallest absolute Gasteiger partial charge is 0.0451 e. The van der Waals surface area contributed by atoms with E-state index in [1.807, 2.05) is 6.07 Å². The number of benzene rings is 1. The van der Waals surface area contributed by atoms with Gasteiger partial charge < -0.3 is 5.32 Å². The van der Waals surface area contributed by atoms with Crippen LogP contribution in [0.3, 0.4) is 0 Å². The minimum absolute atomic E-state index is 0.719. The van der Waals surface area contributed by atoms with Gasteiger partial charge in [0, 0.05) is 22.5 Å². The van der Waals surface area contributed by atoms with Gasteiger partial charge in [-0.2, -0.15) is 0 Å². The van der Waals surface area contributed by atoms with Gasteiger partial charge in [0.1, 0.15) is 0 Å². The van der Waals surface area contributed by atoms with E-state index in [1.165, 1.54) is 28.8 Å². The first-order chi connectivity index (χ1) is 8.33. The summed E-state index contributed by atoms with van der Waals surface area (Å²) >= 11 is 7.99. The summed E-state index contributed by atoms with van der Waals surface area (Å²) in [7, 11) is 0. The van der Waals surface area contributed by atoms with Crippen LogP contribution in [0.2, 0.25) is 5.02 Å². The van der Waals surface area contributed by atoms with E-state index in [2.05, 4.69) is 35.0 Å². The van der Waals surface area contributed by atoms with Gasteiger partial charge in [0.2, 0.25) is 0 Å². The quantitative estimate of drug-likeness (QED) is 0.866. The molecule has 1 nitrogen and oxygen atoms in total. The van der Waals surface area contributed by atoms with Crippen molar-refractivity contribution in [3.8, 4) is 10.4 Å². The average Bonchev–Trinajstić information content (AvgIpc) is 3.00. The fourth-order valence-electron chi connectivity index (χ4n) is 1.85. The van der Waals surface area contributed by atoms with Gasteiger partial charge in [-0.1, -0.05) is 23.7 Å². The molecule has 2 aromatic rings. The van der Waals surface area contributed by atoms with Crippen LogP contribution < -0.4 is 5.32 Å². The Bertz CT molecular complexity index is 503. The highest BCUT2D eigenvalue weighted by Gasteiger charge is 2.20. The van der Waals surface area contributed by atoms with Gasteiger partial charge in [-0.25, -0.2) is 0 Å². The Morgan fingerprint density at radius 3 is 2.88 bits per heavy atom. The van der Waals surface area contributed by atoms with Crippen LogP contribution in [0.4, 0.5) is 0 Å². The minimum atomic E-state index is 0.719. The lowest BCUT2D eigenvalue weighted by atomic mass is 10.1. The van der Waals surface area contributed by atoms with E-state index >= 15 is 0 Å². The van der Waals surface area contributed by atoms with Crippen molar-refractivity contribution in [3.05, 3.63) is 46.3 Å². The van der Waals surface area contributed by atoms with Crippen LogP contribution in [0.5, 0.6) is 0 Å². The van der Waals surface area contributed by atoms with E-state index in [0.717, 1.165) is 17.6 Å². The maximum absolute atomic E-state index is 6.22. The van der Waals surface area contributed by atoms with Gasteiger partial charge in [-0.05, 0) is 47.5 Å². The summed E-state index contributed by atoms with van der Waals surface area (Å²) in [5.74, 6) is 0. The van der Waals surface area contributed by atoms with Crippen LogP contribution in [0.1, 0.15) is 18.4 Å². The lowest BCUT2D eigenvalue weighted by Gasteiger charge is -2.07. The highest BCUT2D eigenvalue weighted by molar-refractivity contribution is 7.13. The molecule has 17 heavy (non-hydrogen) atoms. The molecule has 1 heterocycles. The molecule has 0 bridgehead atoms. The molecule has 1 aromatic carbocycles. The monoisotopic (exact) mass is 263 g/mol. The summed E-state index contributed by atoms with van der Waals surface area (Å²) in [6.45, 7) is 0.878. The second kappa shape index (κ2) is 4.81. The van der Waals surface area contributed by atoms with Crippen molar-refractivity contribution in [3.63, 3.8) is 0 Å². The van der Waals surface area contributed by atoms with Gasteiger partial charge in [0.15, 0.2) is 0 Å². The van der Waals surface area contributed by atoms with E-state index < -0.39 is 0 Å². The summed E-state index contributed by atoms with van der Waals surface area (Å²) in [4.78, 5) is 1.30. The standard InChI is InChI=1S/C14H14ClNS/c15-13-6-3-10(14-2-1-7-17-14)8-11(13)9-16-12-4-5-12/h1-3,6-8,12,16H,4-5,9H2. The third kappa shape index (κ3) is 2.71. The molecular formula is C14H14ClNS. The van der Waals surface area contributed by atoms with Gasteiger partial charge in [-0.15, -0.1) is 11.3 Å². The first-order valence-corrected chi connectivity index (χ1v) is 7.14. The Labute approximate surface area is 110 Å². The molecule has 0 unspecified atom stereocenters. The van der Waals surface area contributed by atoms with Gasteiger partial charge >= 0.3 is 0 Å². The minimum Gasteiger partial charge on any atom is -0.310 e. The molecule has 88 valence electrons. The zero-order chi connectivity index (χ0) is 11.7. The van der Waals surface area contributed by atoms with Crippen molar-refractivity contribution in [2.24, 2.45) is 0 Å². The number of rotatable bonds is 4. The van der Waals surface area contributed by atoms with E-state index in [4.69, 9.17) is 11.6 Å². The molecule has 1 aliphatic carbocycles. The van der Waals surface area contributed by atoms with Crippen molar-refractivity contribution in [2.45, 2.75) is 25.4 Å². The van der Waals surface area contributed by atoms with Crippen LogP contribution in [0, 0.1) is 0 Å². The predicted octanol–water partition coefficient (Wildman–Crippen LogP) is 4.32. The number of thiophene rings is 1. The maximum Gasteiger partial charge on any atom is 0.0451 e. The molecule has 0 spiro atoms. The van der Waals surface area contributed by atoms with Crippen molar-refractivity contribution >= 4 is 22.9 Å². The molecule has 0 atom stereocenters. The number of halogens is 1. The molecule has 0 radical (unpaired) electrons. The van der Waals surface area contributed by atoms with E-state index in [1.54, 1.807) is 11.3 Å². The largest absolute Gasteiger partial charge is 0.310 e. The second-order valence-corrected chi connectivity index (χ2v) is 5.79. The fraction of sp³-hybridized carbons (Fsp3) is 0.286. The van der Waals surface area contributed by atoms with Gasteiger partial charge in [-0.3, -0.25) is 0 Å². The Kier molecular flexibility index (Phi) is 3.19. The first kappa shape index (κ1) is 11.3. The van der Waals surface area contributed by atoms with Crippen molar-refractivity contribution < 1.29 is 0 Å². The predicted molar refractivity (Wildman–Crippen MR) is 74.6 cm³/mol. The topological polar surface area (TPSA) is 12.0 Å². The zero-order valence-corrected chi connectivity index (χ0v) is 11.0. The van der Waals surface area contributed by atoms with Crippen molar-refractivity contribution in [2.75, 3.05) is 0 Å². The molecule has 1 aliphatic rings. The van der Waals surface area contributed by atoms with Crippen LogP contribution in [0.25, 0.3) is 10.4 Å². The number of hydrogen-bond donors (Lipinski definition) is 1. The molecule has 1 N–H and O–H groups in total. The number of nitrogens with one attached hydrogen (secondary N) is 1. The van der Waals surface area contributed by atoms with Crippen molar-refractivity contribution in [1.82, 2.24) is 5.32 Å². The van der Waals surface area contributed by atoms with Crippen LogP contribution in [0.15, 0.2) is 35.7 Å². The van der Waals surface area contributed by atoms with Crippen molar-refractivity contribution in [1.29, 1.82) is 0 Å². The SMILES string of the molecule is Clc1ccc(-c2cccs2)cc1CNC1CC1. The summed E-state index contributed by atoms with van der Waals surface area (Å²) in [6.07, 6.45) is 2.62.